The van der Waals surface area contributed by atoms with Crippen molar-refractivity contribution in [3.8, 4) is 0 Å². The van der Waals surface area contributed by atoms with Gasteiger partial charge in [0.2, 0.25) is 10.0 Å². The molecule has 0 N–H and O–H groups in total. The van der Waals surface area contributed by atoms with Gasteiger partial charge < -0.3 is 56.8 Å². The Morgan fingerprint density at radius 2 is 1.25 bits per heavy atom. The van der Waals surface area contributed by atoms with E-state index in [0.717, 1.165) is 9.54 Å². The molecule has 0 saturated heterocycles. The third-order valence-corrected chi connectivity index (χ3v) is 4.65. The van der Waals surface area contributed by atoms with Gasteiger partial charge in [-0.05, 0) is 5.56 Å². The first-order valence-electron chi connectivity index (χ1n) is 8.49. The summed E-state index contributed by atoms with van der Waals surface area (Å²) >= 11 is 5.83. The molecule has 0 saturated carbocycles. The van der Waals surface area contributed by atoms with Crippen LogP contribution in [0.3, 0.4) is 0 Å². The van der Waals surface area contributed by atoms with Crippen molar-refractivity contribution in [2.45, 2.75) is 5.75 Å². The number of halogens is 13. The zero-order chi connectivity index (χ0) is 27.7. The van der Waals surface area contributed by atoms with E-state index < -0.39 is 31.8 Å². The molecule has 22 heteroatoms. The molecule has 0 unspecified atom stereocenters. The fourth-order valence-corrected chi connectivity index (χ4v) is 3.50. The Kier molecular flexibility index (Phi) is 16.1. The first kappa shape index (κ1) is 37.3. The van der Waals surface area contributed by atoms with Gasteiger partial charge in [-0.2, -0.15) is 6.07 Å². The molecule has 36 heavy (non-hydrogen) atoms. The Balaban J connectivity index is 0. The van der Waals surface area contributed by atoms with Crippen LogP contribution in [0.1, 0.15) is 5.56 Å². The molecule has 0 amide bonds. The largest absolute Gasteiger partial charge is 1.00 e. The van der Waals surface area contributed by atoms with E-state index in [1.165, 1.54) is 12.4 Å². The summed E-state index contributed by atoms with van der Waals surface area (Å²) < 4.78 is 143. The molecule has 3 aromatic rings. The van der Waals surface area contributed by atoms with Crippen LogP contribution >= 0.6 is 11.6 Å². The molecule has 0 aliphatic heterocycles. The van der Waals surface area contributed by atoms with Crippen LogP contribution in [0.15, 0.2) is 48.8 Å². The fraction of sp³-hybridized carbons (Fsp3) is 0.0714. The maximum atomic E-state index is 12.4. The SMILES string of the molecule is F[B-](F)(F)F.F[B-](F)(F)F.F[B-](F)(F)F.O=S(=O)(Cc1ccccc1)n1c[c-]c2cc(Cl)cnc21.[K+]. The van der Waals surface area contributed by atoms with Crippen LogP contribution in [-0.2, 0) is 15.8 Å². The van der Waals surface area contributed by atoms with E-state index in [2.05, 4.69) is 11.1 Å². The summed E-state index contributed by atoms with van der Waals surface area (Å²) in [5.74, 6) is -0.0875. The number of benzene rings is 1. The second-order valence-electron chi connectivity index (χ2n) is 5.82. The number of nitrogens with zero attached hydrogens (tertiary/aromatic N) is 2. The molecular formula is C14H10B3ClF12KN2O2S-3. The van der Waals surface area contributed by atoms with E-state index in [1.807, 2.05) is 18.2 Å². The Morgan fingerprint density at radius 3 is 1.67 bits per heavy atom. The fourth-order valence-electron chi connectivity index (χ4n) is 1.97. The first-order chi connectivity index (χ1) is 15.6. The van der Waals surface area contributed by atoms with Crippen molar-refractivity contribution in [3.05, 3.63) is 65.4 Å². The van der Waals surface area contributed by atoms with E-state index in [4.69, 9.17) is 11.6 Å². The molecule has 2 aromatic heterocycles. The van der Waals surface area contributed by atoms with Crippen LogP contribution in [0, 0.1) is 6.07 Å². The van der Waals surface area contributed by atoms with Crippen molar-refractivity contribution in [1.29, 1.82) is 0 Å². The van der Waals surface area contributed by atoms with Gasteiger partial charge in [-0.15, -0.1) is 11.5 Å². The van der Waals surface area contributed by atoms with Gasteiger partial charge in [0.1, 0.15) is 0 Å². The van der Waals surface area contributed by atoms with Gasteiger partial charge in [0, 0.05) is 16.9 Å². The molecule has 0 spiro atoms. The van der Waals surface area contributed by atoms with Gasteiger partial charge in [-0.1, -0.05) is 48.1 Å². The van der Waals surface area contributed by atoms with Crippen molar-refractivity contribution < 1.29 is 112 Å². The molecule has 2 heterocycles. The third kappa shape index (κ3) is 21.2. The summed E-state index contributed by atoms with van der Waals surface area (Å²) in [7, 11) is -21.5. The number of pyridine rings is 1. The third-order valence-electron chi connectivity index (χ3n) is 2.87. The monoisotopic (exact) mass is 605 g/mol. The van der Waals surface area contributed by atoms with Crippen LogP contribution in [-0.4, -0.2) is 39.1 Å². The molecule has 0 aliphatic carbocycles. The van der Waals surface area contributed by atoms with Crippen LogP contribution in [0.5, 0.6) is 0 Å². The van der Waals surface area contributed by atoms with Crippen molar-refractivity contribution in [2.24, 2.45) is 0 Å². The molecule has 0 atom stereocenters. The van der Waals surface area contributed by atoms with Crippen LogP contribution in [0.4, 0.5) is 51.8 Å². The molecule has 198 valence electrons. The van der Waals surface area contributed by atoms with Gasteiger partial charge in [0.05, 0.1) is 5.75 Å². The van der Waals surface area contributed by atoms with Gasteiger partial charge in [0.25, 0.3) is 0 Å². The van der Waals surface area contributed by atoms with Crippen molar-refractivity contribution in [3.63, 3.8) is 0 Å². The summed E-state index contributed by atoms with van der Waals surface area (Å²) in [6.45, 7) is 0. The molecule has 4 nitrogen and oxygen atoms in total. The minimum atomic E-state index is -6.00. The van der Waals surface area contributed by atoms with E-state index in [9.17, 15) is 60.2 Å². The number of fused-ring (bicyclic) bond motifs is 1. The molecule has 0 fully saturated rings. The standard InChI is InChI=1S/C14H10ClN2O2S.3BF4.K/c15-13-8-12-6-7-17(14(12)16-9-13)20(18,19)10-11-4-2-1-3-5-11;3*2-1(3,4)5;/h1-5,7-9H,10H2;;;;/q4*-1;+1. The summed E-state index contributed by atoms with van der Waals surface area (Å²) in [6, 6.07) is 13.5. The molecule has 0 radical (unpaired) electrons. The Labute approximate surface area is 244 Å². The Bertz CT molecular complexity index is 1120. The number of aromatic nitrogens is 2. The smallest absolute Gasteiger partial charge is 0.418 e. The summed E-state index contributed by atoms with van der Waals surface area (Å²) in [6.07, 6.45) is 2.80. The number of rotatable bonds is 3. The maximum Gasteiger partial charge on any atom is 1.00 e. The van der Waals surface area contributed by atoms with Gasteiger partial charge in [0.15, 0.2) is 0 Å². The van der Waals surface area contributed by atoms with Crippen molar-refractivity contribution >= 4 is 54.4 Å². The maximum absolute atomic E-state index is 12.4. The van der Waals surface area contributed by atoms with E-state index >= 15 is 0 Å². The van der Waals surface area contributed by atoms with E-state index in [1.54, 1.807) is 18.2 Å². The molecule has 0 aliphatic rings. The summed E-state index contributed by atoms with van der Waals surface area (Å²) in [4.78, 5) is 4.07. The molecule has 3 rings (SSSR count). The van der Waals surface area contributed by atoms with Crippen molar-refractivity contribution in [2.75, 3.05) is 0 Å². The minimum Gasteiger partial charge on any atom is -0.418 e. The summed E-state index contributed by atoms with van der Waals surface area (Å²) in [5.41, 5.74) is 1.06. The van der Waals surface area contributed by atoms with Gasteiger partial charge >= 0.3 is 73.1 Å². The topological polar surface area (TPSA) is 52.0 Å². The zero-order valence-corrected chi connectivity index (χ0v) is 22.3. The van der Waals surface area contributed by atoms with E-state index in [-0.39, 0.29) is 57.1 Å². The van der Waals surface area contributed by atoms with Gasteiger partial charge in [-0.25, -0.2) is 8.42 Å². The van der Waals surface area contributed by atoms with Crippen molar-refractivity contribution in [1.82, 2.24) is 8.96 Å². The quantitative estimate of drug-likeness (QED) is 0.260. The van der Waals surface area contributed by atoms with Crippen LogP contribution in [0.25, 0.3) is 11.0 Å². The molecular weight excluding hydrogens is 595 g/mol. The average molecular weight is 605 g/mol. The normalized spacial score (nSPS) is 11.6. The minimum absolute atomic E-state index is 0. The van der Waals surface area contributed by atoms with E-state index in [0.29, 0.717) is 16.1 Å². The van der Waals surface area contributed by atoms with Crippen LogP contribution in [0.2, 0.25) is 5.02 Å². The Morgan fingerprint density at radius 1 is 0.833 bits per heavy atom. The average Bonchev–Trinajstić information content (AvgIpc) is 3.02. The molecule has 1 aromatic carbocycles. The summed E-state index contributed by atoms with van der Waals surface area (Å²) in [5, 5.41) is 1.03. The first-order valence-corrected chi connectivity index (χ1v) is 10.5. The molecule has 0 bridgehead atoms. The van der Waals surface area contributed by atoms with Gasteiger partial charge in [-0.3, -0.25) is 3.97 Å². The zero-order valence-electron chi connectivity index (χ0n) is 17.6. The second kappa shape index (κ2) is 15.5. The number of hydrogen-bond donors (Lipinski definition) is 0. The second-order valence-corrected chi connectivity index (χ2v) is 8.10. The number of hydrogen-bond acceptors (Lipinski definition) is 3. The predicted molar refractivity (Wildman–Crippen MR) is 109 cm³/mol. The predicted octanol–water partition coefficient (Wildman–Crippen LogP) is 3.77. The van der Waals surface area contributed by atoms with Crippen LogP contribution < -0.4 is 51.4 Å². The Hall–Kier alpha value is -0.859.